The van der Waals surface area contributed by atoms with E-state index < -0.39 is 0 Å². The van der Waals surface area contributed by atoms with E-state index >= 15 is 0 Å². The lowest BCUT2D eigenvalue weighted by molar-refractivity contribution is -0.189. The zero-order valence-electron chi connectivity index (χ0n) is 14.1. The zero-order valence-corrected chi connectivity index (χ0v) is 14.1. The number of hydrogen-bond acceptors (Lipinski definition) is 2. The highest BCUT2D eigenvalue weighted by Crippen LogP contribution is 2.52. The van der Waals surface area contributed by atoms with E-state index in [1.807, 2.05) is 0 Å². The molecule has 3 rings (SSSR count). The van der Waals surface area contributed by atoms with E-state index in [4.69, 9.17) is 4.74 Å². The number of carbonyl (C=O) groups excluding carboxylic acids is 1. The highest BCUT2D eigenvalue weighted by molar-refractivity contribution is 5.92. The molecule has 0 heterocycles. The van der Waals surface area contributed by atoms with Crippen LogP contribution in [0.2, 0.25) is 0 Å². The molecule has 2 nitrogen and oxygen atoms in total. The quantitative estimate of drug-likeness (QED) is 0.750. The standard InChI is InChI=1S/C19H32O2/c1-13(2)15-8-7-14(3)11-16(15)21-18-12-17(20)19(18)9-5-4-6-10-19/h13-16,18H,4-12H2,1-3H3. The zero-order chi connectivity index (χ0) is 15.0. The van der Waals surface area contributed by atoms with Crippen molar-refractivity contribution in [2.45, 2.75) is 90.8 Å². The van der Waals surface area contributed by atoms with Crippen LogP contribution in [0.25, 0.3) is 0 Å². The van der Waals surface area contributed by atoms with E-state index in [0.29, 0.717) is 30.1 Å². The van der Waals surface area contributed by atoms with E-state index in [9.17, 15) is 4.79 Å². The Bertz CT molecular complexity index is 381. The average Bonchev–Trinajstić information content (AvgIpc) is 2.47. The third-order valence-corrected chi connectivity index (χ3v) is 6.59. The van der Waals surface area contributed by atoms with Crippen LogP contribution in [0.1, 0.15) is 78.6 Å². The van der Waals surface area contributed by atoms with Gasteiger partial charge in [0.1, 0.15) is 5.78 Å². The third kappa shape index (κ3) is 2.81. The Labute approximate surface area is 130 Å². The molecule has 0 aromatic heterocycles. The summed E-state index contributed by atoms with van der Waals surface area (Å²) in [5, 5.41) is 0. The summed E-state index contributed by atoms with van der Waals surface area (Å²) in [7, 11) is 0. The smallest absolute Gasteiger partial charge is 0.144 e. The number of carbonyl (C=O) groups is 1. The number of rotatable bonds is 3. The van der Waals surface area contributed by atoms with E-state index in [-0.39, 0.29) is 11.5 Å². The van der Waals surface area contributed by atoms with Crippen molar-refractivity contribution in [2.75, 3.05) is 0 Å². The molecule has 120 valence electrons. The second kappa shape index (κ2) is 6.02. The Hall–Kier alpha value is -0.370. The van der Waals surface area contributed by atoms with Gasteiger partial charge >= 0.3 is 0 Å². The Balaban J connectivity index is 1.68. The van der Waals surface area contributed by atoms with Gasteiger partial charge in [0, 0.05) is 6.42 Å². The van der Waals surface area contributed by atoms with Gasteiger partial charge in [0.05, 0.1) is 17.6 Å². The van der Waals surface area contributed by atoms with Crippen molar-refractivity contribution in [3.05, 3.63) is 0 Å². The van der Waals surface area contributed by atoms with Crippen molar-refractivity contribution >= 4 is 5.78 Å². The minimum atomic E-state index is -0.0690. The van der Waals surface area contributed by atoms with Gasteiger partial charge in [-0.2, -0.15) is 0 Å². The number of hydrogen-bond donors (Lipinski definition) is 0. The molecule has 0 aromatic rings. The van der Waals surface area contributed by atoms with Gasteiger partial charge in [-0.3, -0.25) is 4.79 Å². The summed E-state index contributed by atoms with van der Waals surface area (Å²) in [6.45, 7) is 7.02. The maximum Gasteiger partial charge on any atom is 0.144 e. The first-order chi connectivity index (χ1) is 10.0. The van der Waals surface area contributed by atoms with Crippen molar-refractivity contribution in [3.8, 4) is 0 Å². The molecular weight excluding hydrogens is 260 g/mol. The minimum Gasteiger partial charge on any atom is -0.373 e. The Morgan fingerprint density at radius 1 is 1.14 bits per heavy atom. The average molecular weight is 292 g/mol. The third-order valence-electron chi connectivity index (χ3n) is 6.59. The molecule has 21 heavy (non-hydrogen) atoms. The van der Waals surface area contributed by atoms with E-state index in [1.54, 1.807) is 0 Å². The first kappa shape index (κ1) is 15.5. The molecule has 1 spiro atoms. The molecule has 0 amide bonds. The van der Waals surface area contributed by atoms with E-state index in [2.05, 4.69) is 20.8 Å². The number of ether oxygens (including phenoxy) is 1. The molecule has 0 radical (unpaired) electrons. The Kier molecular flexibility index (Phi) is 4.45. The van der Waals surface area contributed by atoms with E-state index in [0.717, 1.165) is 18.8 Å². The van der Waals surface area contributed by atoms with Gasteiger partial charge in [-0.15, -0.1) is 0 Å². The fourth-order valence-corrected chi connectivity index (χ4v) is 5.06. The first-order valence-corrected chi connectivity index (χ1v) is 9.21. The lowest BCUT2D eigenvalue weighted by Gasteiger charge is -2.52. The molecule has 0 aromatic carbocycles. The number of Topliss-reactive ketones (excluding diaryl/α,β-unsaturated/α-hetero) is 1. The predicted octanol–water partition coefficient (Wildman–Crippen LogP) is 4.76. The maximum absolute atomic E-state index is 12.3. The van der Waals surface area contributed by atoms with Crippen molar-refractivity contribution in [3.63, 3.8) is 0 Å². The van der Waals surface area contributed by atoms with Crippen molar-refractivity contribution in [1.29, 1.82) is 0 Å². The van der Waals surface area contributed by atoms with Crippen LogP contribution in [-0.4, -0.2) is 18.0 Å². The molecule has 3 fully saturated rings. The molecule has 4 unspecified atom stereocenters. The minimum absolute atomic E-state index is 0.0690. The summed E-state index contributed by atoms with van der Waals surface area (Å²) in [6.07, 6.45) is 11.1. The van der Waals surface area contributed by atoms with Crippen LogP contribution in [0.3, 0.4) is 0 Å². The Morgan fingerprint density at radius 3 is 2.48 bits per heavy atom. The monoisotopic (exact) mass is 292 g/mol. The molecular formula is C19H32O2. The summed E-state index contributed by atoms with van der Waals surface area (Å²) in [5.41, 5.74) is -0.0690. The molecule has 3 aliphatic carbocycles. The topological polar surface area (TPSA) is 26.3 Å². The molecule has 3 aliphatic rings. The largest absolute Gasteiger partial charge is 0.373 e. The van der Waals surface area contributed by atoms with Gasteiger partial charge in [-0.1, -0.05) is 46.5 Å². The van der Waals surface area contributed by atoms with Crippen LogP contribution in [0, 0.1) is 23.2 Å². The first-order valence-electron chi connectivity index (χ1n) is 9.21. The summed E-state index contributed by atoms with van der Waals surface area (Å²) >= 11 is 0. The summed E-state index contributed by atoms with van der Waals surface area (Å²) in [6, 6.07) is 0. The Morgan fingerprint density at radius 2 is 1.86 bits per heavy atom. The molecule has 4 atom stereocenters. The van der Waals surface area contributed by atoms with E-state index in [1.165, 1.54) is 38.5 Å². The fraction of sp³-hybridized carbons (Fsp3) is 0.947. The molecule has 3 saturated carbocycles. The van der Waals surface area contributed by atoms with Crippen molar-refractivity contribution in [1.82, 2.24) is 0 Å². The second-order valence-corrected chi connectivity index (χ2v) is 8.33. The SMILES string of the molecule is CC1CCC(C(C)C)C(OC2CC(=O)C23CCCCC3)C1. The van der Waals surface area contributed by atoms with Crippen LogP contribution in [0.5, 0.6) is 0 Å². The van der Waals surface area contributed by atoms with Crippen molar-refractivity contribution in [2.24, 2.45) is 23.2 Å². The van der Waals surface area contributed by atoms with Crippen molar-refractivity contribution < 1.29 is 9.53 Å². The molecule has 0 bridgehead atoms. The maximum atomic E-state index is 12.3. The van der Waals surface area contributed by atoms with Crippen LogP contribution in [-0.2, 0) is 9.53 Å². The lowest BCUT2D eigenvalue weighted by atomic mass is 9.57. The normalized spacial score (nSPS) is 39.5. The molecule has 0 N–H and O–H groups in total. The summed E-state index contributed by atoms with van der Waals surface area (Å²) in [4.78, 5) is 12.3. The fourth-order valence-electron chi connectivity index (χ4n) is 5.06. The lowest BCUT2D eigenvalue weighted by Crippen LogP contribution is -2.58. The van der Waals surface area contributed by atoms with Gasteiger partial charge < -0.3 is 4.74 Å². The predicted molar refractivity (Wildman–Crippen MR) is 85.1 cm³/mol. The number of ketones is 1. The summed E-state index contributed by atoms with van der Waals surface area (Å²) in [5.74, 6) is 2.67. The van der Waals surface area contributed by atoms with Gasteiger partial charge in [0.25, 0.3) is 0 Å². The highest BCUT2D eigenvalue weighted by atomic mass is 16.5. The summed E-state index contributed by atoms with van der Waals surface area (Å²) < 4.78 is 6.61. The molecule has 2 heteroatoms. The van der Waals surface area contributed by atoms with Gasteiger partial charge in [0.2, 0.25) is 0 Å². The van der Waals surface area contributed by atoms with Gasteiger partial charge in [-0.25, -0.2) is 0 Å². The van der Waals surface area contributed by atoms with Crippen LogP contribution in [0.15, 0.2) is 0 Å². The van der Waals surface area contributed by atoms with Gasteiger partial charge in [0.15, 0.2) is 0 Å². The molecule has 0 saturated heterocycles. The molecule has 0 aliphatic heterocycles. The van der Waals surface area contributed by atoms with Gasteiger partial charge in [-0.05, 0) is 43.4 Å². The van der Waals surface area contributed by atoms with Crippen LogP contribution >= 0.6 is 0 Å². The second-order valence-electron chi connectivity index (χ2n) is 8.33. The highest BCUT2D eigenvalue weighted by Gasteiger charge is 2.56. The van der Waals surface area contributed by atoms with Crippen LogP contribution in [0.4, 0.5) is 0 Å². The van der Waals surface area contributed by atoms with Crippen LogP contribution < -0.4 is 0 Å².